The number of nitrogens with one attached hydrogen (secondary N) is 2. The van der Waals surface area contributed by atoms with E-state index in [4.69, 9.17) is 9.47 Å². The van der Waals surface area contributed by atoms with E-state index in [9.17, 15) is 24.3 Å². The number of benzene rings is 2. The molecule has 0 aliphatic carbocycles. The van der Waals surface area contributed by atoms with Crippen molar-refractivity contribution in [2.24, 2.45) is 0 Å². The first-order valence-electron chi connectivity index (χ1n) is 14.0. The van der Waals surface area contributed by atoms with Crippen LogP contribution in [0.15, 0.2) is 48.5 Å². The lowest BCUT2D eigenvalue weighted by atomic mass is 9.98. The number of hydrogen-bond donors (Lipinski definition) is 3. The summed E-state index contributed by atoms with van der Waals surface area (Å²) in [6, 6.07) is 11.1. The fourth-order valence-corrected chi connectivity index (χ4v) is 4.24. The lowest BCUT2D eigenvalue weighted by Gasteiger charge is -2.36. The number of phenols is 1. The summed E-state index contributed by atoms with van der Waals surface area (Å²) in [5.74, 6) is -1.75. The summed E-state index contributed by atoms with van der Waals surface area (Å²) >= 11 is 0. The van der Waals surface area contributed by atoms with E-state index in [2.05, 4.69) is 10.6 Å². The predicted molar refractivity (Wildman–Crippen MR) is 160 cm³/mol. The van der Waals surface area contributed by atoms with Gasteiger partial charge in [-0.15, -0.1) is 0 Å². The molecule has 0 spiro atoms. The van der Waals surface area contributed by atoms with Gasteiger partial charge in [-0.05, 0) is 91.1 Å². The Morgan fingerprint density at radius 2 is 1.50 bits per heavy atom. The Morgan fingerprint density at radius 1 is 0.905 bits per heavy atom. The van der Waals surface area contributed by atoms with Gasteiger partial charge in [0.25, 0.3) is 0 Å². The van der Waals surface area contributed by atoms with Gasteiger partial charge in [0.1, 0.15) is 35.6 Å². The summed E-state index contributed by atoms with van der Waals surface area (Å²) in [6.45, 7) is 15.1. The Hall–Kier alpha value is -4.08. The number of ether oxygens (including phenoxy) is 2. The first-order chi connectivity index (χ1) is 19.4. The molecule has 2 rings (SSSR count). The minimum absolute atomic E-state index is 0.0302. The standard InChI is InChI=1S/C32H45N3O7/c1-20(2)35(26(37)19-33-30(40)42-32(7,8)9)27(23-15-16-25(36)21(3)17-23)28(38)34-24(29(39)41-31(4,5)6)18-22-13-11-10-12-14-22/h10-17,20,24,27,36H,18-19H2,1-9H3,(H,33,40)(H,34,38). The quantitative estimate of drug-likeness (QED) is 0.349. The average Bonchev–Trinajstić information content (AvgIpc) is 2.85. The highest BCUT2D eigenvalue weighted by Crippen LogP contribution is 2.28. The molecule has 0 saturated carbocycles. The Morgan fingerprint density at radius 3 is 2.02 bits per heavy atom. The van der Waals surface area contributed by atoms with Crippen molar-refractivity contribution in [1.29, 1.82) is 0 Å². The van der Waals surface area contributed by atoms with Gasteiger partial charge in [0.15, 0.2) is 0 Å². The van der Waals surface area contributed by atoms with Gasteiger partial charge in [0.2, 0.25) is 11.8 Å². The minimum Gasteiger partial charge on any atom is -0.508 e. The smallest absolute Gasteiger partial charge is 0.408 e. The second-order valence-electron chi connectivity index (χ2n) is 12.5. The fourth-order valence-electron chi connectivity index (χ4n) is 4.24. The third-order valence-corrected chi connectivity index (χ3v) is 5.98. The molecule has 0 fully saturated rings. The summed E-state index contributed by atoms with van der Waals surface area (Å²) in [7, 11) is 0. The molecule has 230 valence electrons. The van der Waals surface area contributed by atoms with Crippen molar-refractivity contribution >= 4 is 23.9 Å². The number of esters is 1. The maximum absolute atomic E-state index is 14.1. The highest BCUT2D eigenvalue weighted by atomic mass is 16.6. The van der Waals surface area contributed by atoms with Crippen LogP contribution in [0.5, 0.6) is 5.75 Å². The molecule has 3 N–H and O–H groups in total. The molecule has 2 aromatic carbocycles. The van der Waals surface area contributed by atoms with Crippen LogP contribution in [-0.2, 0) is 30.3 Å². The summed E-state index contributed by atoms with van der Waals surface area (Å²) in [5.41, 5.74) is 0.180. The molecule has 10 heteroatoms. The second-order valence-corrected chi connectivity index (χ2v) is 12.5. The lowest BCUT2D eigenvalue weighted by molar-refractivity contribution is -0.159. The maximum atomic E-state index is 14.1. The number of alkyl carbamates (subject to hydrolysis) is 1. The van der Waals surface area contributed by atoms with Crippen molar-refractivity contribution in [3.8, 4) is 5.75 Å². The van der Waals surface area contributed by atoms with E-state index in [-0.39, 0.29) is 12.2 Å². The van der Waals surface area contributed by atoms with Gasteiger partial charge in [-0.25, -0.2) is 9.59 Å². The molecule has 0 heterocycles. The van der Waals surface area contributed by atoms with Crippen molar-refractivity contribution < 1.29 is 33.8 Å². The molecule has 0 saturated heterocycles. The van der Waals surface area contributed by atoms with Gasteiger partial charge in [0.05, 0.1) is 0 Å². The number of aromatic hydroxyl groups is 1. The molecule has 2 unspecified atom stereocenters. The van der Waals surface area contributed by atoms with E-state index in [1.165, 1.54) is 11.0 Å². The van der Waals surface area contributed by atoms with E-state index in [0.29, 0.717) is 11.1 Å². The average molecular weight is 584 g/mol. The van der Waals surface area contributed by atoms with E-state index < -0.39 is 59.7 Å². The first-order valence-corrected chi connectivity index (χ1v) is 14.0. The number of nitrogens with zero attached hydrogens (tertiary/aromatic N) is 1. The van der Waals surface area contributed by atoms with E-state index in [1.54, 1.807) is 74.4 Å². The molecule has 0 aromatic heterocycles. The number of carbonyl (C=O) groups excluding carboxylic acids is 4. The van der Waals surface area contributed by atoms with Crippen LogP contribution >= 0.6 is 0 Å². The monoisotopic (exact) mass is 583 g/mol. The van der Waals surface area contributed by atoms with Crippen molar-refractivity contribution in [2.75, 3.05) is 6.54 Å². The maximum Gasteiger partial charge on any atom is 0.408 e. The summed E-state index contributed by atoms with van der Waals surface area (Å²) < 4.78 is 10.9. The number of rotatable bonds is 10. The third kappa shape index (κ3) is 10.7. The van der Waals surface area contributed by atoms with Crippen LogP contribution < -0.4 is 10.6 Å². The number of phenolic OH excluding ortho intramolecular Hbond substituents is 1. The Balaban J connectivity index is 2.48. The highest BCUT2D eigenvalue weighted by molar-refractivity contribution is 5.93. The summed E-state index contributed by atoms with van der Waals surface area (Å²) in [5, 5.41) is 15.4. The van der Waals surface area contributed by atoms with Gasteiger partial charge in [-0.1, -0.05) is 36.4 Å². The first kappa shape index (κ1) is 34.1. The largest absolute Gasteiger partial charge is 0.508 e. The Bertz CT molecular complexity index is 1250. The van der Waals surface area contributed by atoms with Crippen molar-refractivity contribution in [3.63, 3.8) is 0 Å². The highest BCUT2D eigenvalue weighted by Gasteiger charge is 2.37. The molecule has 0 aliphatic heterocycles. The van der Waals surface area contributed by atoms with Crippen LogP contribution in [-0.4, -0.2) is 63.7 Å². The molecule has 2 aromatic rings. The van der Waals surface area contributed by atoms with Crippen LogP contribution in [0, 0.1) is 6.92 Å². The topological polar surface area (TPSA) is 134 Å². The van der Waals surface area contributed by atoms with Gasteiger partial charge < -0.3 is 30.1 Å². The van der Waals surface area contributed by atoms with E-state index in [1.807, 2.05) is 30.3 Å². The minimum atomic E-state index is -1.20. The van der Waals surface area contributed by atoms with Gasteiger partial charge in [-0.3, -0.25) is 9.59 Å². The van der Waals surface area contributed by atoms with Crippen molar-refractivity contribution in [3.05, 3.63) is 65.2 Å². The van der Waals surface area contributed by atoms with E-state index >= 15 is 0 Å². The van der Waals surface area contributed by atoms with Crippen molar-refractivity contribution in [1.82, 2.24) is 15.5 Å². The van der Waals surface area contributed by atoms with Crippen LogP contribution in [0.2, 0.25) is 0 Å². The number of carbonyl (C=O) groups is 4. The molecule has 10 nitrogen and oxygen atoms in total. The SMILES string of the molecule is Cc1cc(C(C(=O)NC(Cc2ccccc2)C(=O)OC(C)(C)C)N(C(=O)CNC(=O)OC(C)(C)C)C(C)C)ccc1O. The summed E-state index contributed by atoms with van der Waals surface area (Å²) in [6.07, 6.45) is -0.604. The molecule has 2 atom stereocenters. The molecule has 0 radical (unpaired) electrons. The van der Waals surface area contributed by atoms with Gasteiger partial charge >= 0.3 is 12.1 Å². The molecular weight excluding hydrogens is 538 g/mol. The van der Waals surface area contributed by atoms with Crippen LogP contribution in [0.4, 0.5) is 4.79 Å². The van der Waals surface area contributed by atoms with Gasteiger partial charge in [-0.2, -0.15) is 0 Å². The number of hydrogen-bond acceptors (Lipinski definition) is 7. The number of aryl methyl sites for hydroxylation is 1. The molecule has 0 bridgehead atoms. The summed E-state index contributed by atoms with van der Waals surface area (Å²) in [4.78, 5) is 54.5. The zero-order valence-electron chi connectivity index (χ0n) is 26.1. The van der Waals surface area contributed by atoms with Crippen LogP contribution in [0.3, 0.4) is 0 Å². The zero-order chi connectivity index (χ0) is 31.8. The molecular formula is C32H45N3O7. The number of amides is 3. The zero-order valence-corrected chi connectivity index (χ0v) is 26.1. The normalized spacial score (nSPS) is 13.1. The second kappa shape index (κ2) is 14.2. The Kier molecular flexibility index (Phi) is 11.5. The molecule has 3 amide bonds. The molecule has 42 heavy (non-hydrogen) atoms. The Labute approximate surface area is 248 Å². The lowest BCUT2D eigenvalue weighted by Crippen LogP contribution is -2.53. The van der Waals surface area contributed by atoms with Crippen LogP contribution in [0.25, 0.3) is 0 Å². The third-order valence-electron chi connectivity index (χ3n) is 5.98. The predicted octanol–water partition coefficient (Wildman–Crippen LogP) is 4.57. The van der Waals surface area contributed by atoms with Crippen LogP contribution in [0.1, 0.15) is 78.1 Å². The van der Waals surface area contributed by atoms with Crippen molar-refractivity contribution in [2.45, 2.75) is 98.1 Å². The van der Waals surface area contributed by atoms with Gasteiger partial charge in [0, 0.05) is 12.5 Å². The van der Waals surface area contributed by atoms with E-state index in [0.717, 1.165) is 5.56 Å². The molecule has 0 aliphatic rings. The fraction of sp³-hybridized carbons (Fsp3) is 0.500.